The Morgan fingerprint density at radius 1 is 1.09 bits per heavy atom. The smallest absolute Gasteiger partial charge is 0.306 e. The van der Waals surface area contributed by atoms with Crippen molar-refractivity contribution in [2.24, 2.45) is 0 Å². The predicted molar refractivity (Wildman–Crippen MR) is 131 cm³/mol. The fraction of sp³-hybridized carbons (Fsp3) is 0.444. The first-order chi connectivity index (χ1) is 15.9. The molecule has 2 aromatic carbocycles. The quantitative estimate of drug-likeness (QED) is 0.321. The molecule has 0 fully saturated rings. The van der Waals surface area contributed by atoms with E-state index in [1.54, 1.807) is 13.2 Å². The Labute approximate surface area is 197 Å². The molecule has 1 N–H and O–H groups in total. The van der Waals surface area contributed by atoms with E-state index in [0.29, 0.717) is 6.54 Å². The summed E-state index contributed by atoms with van der Waals surface area (Å²) in [5, 5.41) is 9.74. The molecular formula is C27H37NO5. The number of aryl methyl sites for hydroxylation is 2. The minimum Gasteiger partial charge on any atom is -0.513 e. The van der Waals surface area contributed by atoms with Gasteiger partial charge in [-0.05, 0) is 68.8 Å². The number of ether oxygens (including phenoxy) is 3. The molecule has 0 saturated heterocycles. The molecule has 0 aromatic heterocycles. The number of esters is 1. The summed E-state index contributed by atoms with van der Waals surface area (Å²) in [4.78, 5) is 14.3. The van der Waals surface area contributed by atoms with E-state index in [4.69, 9.17) is 14.2 Å². The molecule has 2 aromatic rings. The van der Waals surface area contributed by atoms with Crippen molar-refractivity contribution in [3.63, 3.8) is 0 Å². The fourth-order valence-corrected chi connectivity index (χ4v) is 3.48. The molecule has 0 saturated carbocycles. The maximum absolute atomic E-state index is 12.3. The van der Waals surface area contributed by atoms with E-state index in [0.717, 1.165) is 36.3 Å². The molecule has 0 radical (unpaired) electrons. The Hall–Kier alpha value is -2.99. The number of rotatable bonds is 14. The van der Waals surface area contributed by atoms with E-state index in [2.05, 4.69) is 12.1 Å². The fourth-order valence-electron chi connectivity index (χ4n) is 3.48. The Bertz CT molecular complexity index is 894. The van der Waals surface area contributed by atoms with Crippen LogP contribution in [-0.4, -0.2) is 56.4 Å². The lowest BCUT2D eigenvalue weighted by Crippen LogP contribution is -2.35. The van der Waals surface area contributed by atoms with E-state index in [-0.39, 0.29) is 31.2 Å². The van der Waals surface area contributed by atoms with Gasteiger partial charge in [-0.2, -0.15) is 0 Å². The van der Waals surface area contributed by atoms with Gasteiger partial charge < -0.3 is 24.2 Å². The van der Waals surface area contributed by atoms with Crippen LogP contribution in [0.2, 0.25) is 0 Å². The van der Waals surface area contributed by atoms with E-state index in [9.17, 15) is 9.90 Å². The second kappa shape index (κ2) is 14.2. The first-order valence-electron chi connectivity index (χ1n) is 11.5. The molecule has 0 aliphatic carbocycles. The van der Waals surface area contributed by atoms with Crippen molar-refractivity contribution in [1.29, 1.82) is 0 Å². The summed E-state index contributed by atoms with van der Waals surface area (Å²) in [5.41, 5.74) is 2.30. The third-order valence-corrected chi connectivity index (χ3v) is 5.11. The molecule has 6 nitrogen and oxygen atoms in total. The molecule has 0 aliphatic rings. The van der Waals surface area contributed by atoms with E-state index < -0.39 is 6.10 Å². The van der Waals surface area contributed by atoms with Crippen molar-refractivity contribution < 1.29 is 24.1 Å². The number of allylic oxidation sites excluding steroid dienone is 2. The Balaban J connectivity index is 1.96. The number of carbonyl (C=O) groups excluding carboxylic acids is 1. The number of likely N-dealkylation sites (N-methyl/N-ethyl adjacent to an activating group) is 1. The highest BCUT2D eigenvalue weighted by Gasteiger charge is 2.18. The number of benzene rings is 2. The molecule has 180 valence electrons. The van der Waals surface area contributed by atoms with Crippen molar-refractivity contribution in [3.8, 4) is 11.5 Å². The lowest BCUT2D eigenvalue weighted by atomic mass is 10.0. The lowest BCUT2D eigenvalue weighted by molar-refractivity contribution is -0.151. The number of hydrogen-bond donors (Lipinski definition) is 1. The van der Waals surface area contributed by atoms with E-state index in [1.807, 2.05) is 62.3 Å². The van der Waals surface area contributed by atoms with Crippen molar-refractivity contribution in [3.05, 3.63) is 71.5 Å². The van der Waals surface area contributed by atoms with Gasteiger partial charge in [0, 0.05) is 13.0 Å². The van der Waals surface area contributed by atoms with Crippen LogP contribution < -0.4 is 9.47 Å². The van der Waals surface area contributed by atoms with Crippen LogP contribution in [0.25, 0.3) is 0 Å². The largest absolute Gasteiger partial charge is 0.513 e. The van der Waals surface area contributed by atoms with Crippen LogP contribution >= 0.6 is 0 Å². The maximum Gasteiger partial charge on any atom is 0.306 e. The Morgan fingerprint density at radius 2 is 1.88 bits per heavy atom. The van der Waals surface area contributed by atoms with Gasteiger partial charge >= 0.3 is 5.97 Å². The molecule has 0 aliphatic heterocycles. The zero-order valence-electron chi connectivity index (χ0n) is 20.3. The standard InChI is InChI=1S/C27H37NO5/c1-5-9-23(29)16-17-27(30)33-25(19-28(2)3)20-32-26-13-7-6-11-22(26)15-14-21-10-8-12-24(18-21)31-4/h6-13,18,25,29H,5,14-17,19-20H2,1-4H3/b23-9+/t25-/m1/s1. The van der Waals surface area contributed by atoms with Gasteiger partial charge in [0.15, 0.2) is 0 Å². The monoisotopic (exact) mass is 455 g/mol. The van der Waals surface area contributed by atoms with Crippen LogP contribution in [0, 0.1) is 0 Å². The maximum atomic E-state index is 12.3. The number of carbonyl (C=O) groups is 1. The van der Waals surface area contributed by atoms with Gasteiger partial charge in [0.2, 0.25) is 0 Å². The summed E-state index contributed by atoms with van der Waals surface area (Å²) in [5.74, 6) is 1.53. The zero-order chi connectivity index (χ0) is 24.1. The van der Waals surface area contributed by atoms with Crippen LogP contribution in [0.1, 0.15) is 37.3 Å². The zero-order valence-corrected chi connectivity index (χ0v) is 20.3. The third kappa shape index (κ3) is 10.00. The summed E-state index contributed by atoms with van der Waals surface area (Å²) >= 11 is 0. The van der Waals surface area contributed by atoms with Crippen molar-refractivity contribution in [2.75, 3.05) is 34.4 Å². The average Bonchev–Trinajstić information content (AvgIpc) is 2.80. The van der Waals surface area contributed by atoms with Crippen LogP contribution in [0.15, 0.2) is 60.4 Å². The number of aliphatic hydroxyl groups excluding tert-OH is 1. The third-order valence-electron chi connectivity index (χ3n) is 5.11. The van der Waals surface area contributed by atoms with Crippen molar-refractivity contribution in [1.82, 2.24) is 4.90 Å². The van der Waals surface area contributed by atoms with Crippen LogP contribution in [-0.2, 0) is 22.4 Å². The average molecular weight is 456 g/mol. The molecular weight excluding hydrogens is 418 g/mol. The summed E-state index contributed by atoms with van der Waals surface area (Å²) in [6.45, 7) is 2.75. The van der Waals surface area contributed by atoms with Crippen LogP contribution in [0.4, 0.5) is 0 Å². The molecule has 6 heteroatoms. The molecule has 0 bridgehead atoms. The summed E-state index contributed by atoms with van der Waals surface area (Å²) in [6.07, 6.45) is 4.15. The SMILES string of the molecule is CC/C=C(/O)CCC(=O)O[C@@H](COc1ccccc1CCc1cccc(OC)c1)CN(C)C. The van der Waals surface area contributed by atoms with E-state index >= 15 is 0 Å². The second-order valence-electron chi connectivity index (χ2n) is 8.25. The number of para-hydroxylation sites is 1. The highest BCUT2D eigenvalue weighted by Crippen LogP contribution is 2.22. The van der Waals surface area contributed by atoms with Gasteiger partial charge in [-0.1, -0.05) is 37.3 Å². The van der Waals surface area contributed by atoms with Gasteiger partial charge in [-0.3, -0.25) is 4.79 Å². The molecule has 2 rings (SSSR count). The number of nitrogens with zero attached hydrogens (tertiary/aromatic N) is 1. The number of aliphatic hydroxyl groups is 1. The highest BCUT2D eigenvalue weighted by molar-refractivity contribution is 5.69. The van der Waals surface area contributed by atoms with Gasteiger partial charge in [-0.15, -0.1) is 0 Å². The highest BCUT2D eigenvalue weighted by atomic mass is 16.6. The number of methoxy groups -OCH3 is 1. The second-order valence-corrected chi connectivity index (χ2v) is 8.25. The predicted octanol–water partition coefficient (Wildman–Crippen LogP) is 4.96. The summed E-state index contributed by atoms with van der Waals surface area (Å²) < 4.78 is 17.1. The van der Waals surface area contributed by atoms with Crippen LogP contribution in [0.5, 0.6) is 11.5 Å². The van der Waals surface area contributed by atoms with Crippen molar-refractivity contribution in [2.45, 2.75) is 45.1 Å². The minimum absolute atomic E-state index is 0.142. The first-order valence-corrected chi connectivity index (χ1v) is 11.5. The lowest BCUT2D eigenvalue weighted by Gasteiger charge is -2.22. The van der Waals surface area contributed by atoms with Gasteiger partial charge in [0.25, 0.3) is 0 Å². The van der Waals surface area contributed by atoms with Crippen molar-refractivity contribution >= 4 is 5.97 Å². The topological polar surface area (TPSA) is 68.2 Å². The number of hydrogen-bond acceptors (Lipinski definition) is 6. The molecule has 0 heterocycles. The summed E-state index contributed by atoms with van der Waals surface area (Å²) in [7, 11) is 5.53. The van der Waals surface area contributed by atoms with E-state index in [1.165, 1.54) is 5.56 Å². The van der Waals surface area contributed by atoms with Gasteiger partial charge in [-0.25, -0.2) is 0 Å². The molecule has 0 spiro atoms. The molecule has 33 heavy (non-hydrogen) atoms. The molecule has 1 atom stereocenters. The van der Waals surface area contributed by atoms with Gasteiger partial charge in [0.05, 0.1) is 19.3 Å². The minimum atomic E-state index is -0.406. The normalized spacial score (nSPS) is 12.5. The molecule has 0 unspecified atom stereocenters. The first kappa shape index (κ1) is 26.3. The Morgan fingerprint density at radius 3 is 2.61 bits per heavy atom. The molecule has 0 amide bonds. The summed E-state index contributed by atoms with van der Waals surface area (Å²) in [6, 6.07) is 16.0. The Kier molecular flexibility index (Phi) is 11.3. The van der Waals surface area contributed by atoms with Crippen LogP contribution in [0.3, 0.4) is 0 Å². The van der Waals surface area contributed by atoms with Gasteiger partial charge in [0.1, 0.15) is 24.2 Å².